The Morgan fingerprint density at radius 2 is 1.67 bits per heavy atom. The lowest BCUT2D eigenvalue weighted by Gasteiger charge is -2.30. The number of rotatable bonds is 6. The fourth-order valence-electron chi connectivity index (χ4n) is 2.92. The third-order valence-electron chi connectivity index (χ3n) is 3.58. The van der Waals surface area contributed by atoms with Crippen molar-refractivity contribution in [1.29, 1.82) is 0 Å². The molecule has 0 radical (unpaired) electrons. The number of hydrogen-bond acceptors (Lipinski definition) is 2. The summed E-state index contributed by atoms with van der Waals surface area (Å²) in [5.41, 5.74) is 0.402. The molecule has 106 valence electrons. The fourth-order valence-corrected chi connectivity index (χ4v) is 2.92. The number of nitrogens with one attached hydrogen (secondary N) is 2. The van der Waals surface area contributed by atoms with Crippen LogP contribution in [-0.2, 0) is 0 Å². The molecule has 1 fully saturated rings. The van der Waals surface area contributed by atoms with Crippen molar-refractivity contribution in [1.82, 2.24) is 15.5 Å². The van der Waals surface area contributed by atoms with Crippen LogP contribution < -0.4 is 10.6 Å². The minimum absolute atomic E-state index is 0.402. The van der Waals surface area contributed by atoms with E-state index in [-0.39, 0.29) is 0 Å². The van der Waals surface area contributed by atoms with Gasteiger partial charge in [-0.15, -0.1) is 0 Å². The molecule has 0 spiro atoms. The summed E-state index contributed by atoms with van der Waals surface area (Å²) in [6.07, 6.45) is 5.36. The van der Waals surface area contributed by atoms with E-state index in [4.69, 9.17) is 4.99 Å². The molecule has 1 saturated carbocycles. The summed E-state index contributed by atoms with van der Waals surface area (Å²) < 4.78 is 0. The zero-order chi connectivity index (χ0) is 13.4. The highest BCUT2D eigenvalue weighted by atomic mass is 15.2. The smallest absolute Gasteiger partial charge is 0.191 e. The zero-order valence-electron chi connectivity index (χ0n) is 12.6. The SMILES string of the molecule is CCNC(=NCC1(CN(C)C)CCCC1)NCC. The van der Waals surface area contributed by atoms with Gasteiger partial charge in [-0.1, -0.05) is 12.8 Å². The van der Waals surface area contributed by atoms with Crippen molar-refractivity contribution in [2.45, 2.75) is 39.5 Å². The third-order valence-corrected chi connectivity index (χ3v) is 3.58. The van der Waals surface area contributed by atoms with Crippen LogP contribution in [-0.4, -0.2) is 51.1 Å². The third kappa shape index (κ3) is 4.84. The lowest BCUT2D eigenvalue weighted by Crippen LogP contribution is -2.39. The van der Waals surface area contributed by atoms with E-state index < -0.39 is 0 Å². The van der Waals surface area contributed by atoms with Gasteiger partial charge in [0.2, 0.25) is 0 Å². The molecule has 2 N–H and O–H groups in total. The predicted molar refractivity (Wildman–Crippen MR) is 79.1 cm³/mol. The highest BCUT2D eigenvalue weighted by Crippen LogP contribution is 2.38. The van der Waals surface area contributed by atoms with Gasteiger partial charge in [0.25, 0.3) is 0 Å². The molecule has 0 saturated heterocycles. The summed E-state index contributed by atoms with van der Waals surface area (Å²) in [5.74, 6) is 0.963. The molecule has 0 aromatic carbocycles. The molecule has 0 amide bonds. The van der Waals surface area contributed by atoms with E-state index in [0.717, 1.165) is 32.1 Å². The molecule has 0 bridgehead atoms. The number of nitrogens with zero attached hydrogens (tertiary/aromatic N) is 2. The summed E-state index contributed by atoms with van der Waals surface area (Å²) in [5, 5.41) is 6.61. The number of hydrogen-bond donors (Lipinski definition) is 2. The van der Waals surface area contributed by atoms with Crippen molar-refractivity contribution in [3.05, 3.63) is 0 Å². The van der Waals surface area contributed by atoms with Gasteiger partial charge in [-0.3, -0.25) is 4.99 Å². The Morgan fingerprint density at radius 1 is 1.11 bits per heavy atom. The Labute approximate surface area is 112 Å². The maximum Gasteiger partial charge on any atom is 0.191 e. The van der Waals surface area contributed by atoms with E-state index in [1.807, 2.05) is 0 Å². The van der Waals surface area contributed by atoms with Crippen molar-refractivity contribution in [2.24, 2.45) is 10.4 Å². The quantitative estimate of drug-likeness (QED) is 0.560. The predicted octanol–water partition coefficient (Wildman–Crippen LogP) is 1.68. The van der Waals surface area contributed by atoms with Gasteiger partial charge in [0.15, 0.2) is 5.96 Å². The first kappa shape index (κ1) is 15.3. The van der Waals surface area contributed by atoms with E-state index in [1.54, 1.807) is 0 Å². The van der Waals surface area contributed by atoms with Gasteiger partial charge < -0.3 is 15.5 Å². The molecule has 18 heavy (non-hydrogen) atoms. The van der Waals surface area contributed by atoms with Gasteiger partial charge in [-0.25, -0.2) is 0 Å². The Kier molecular flexibility index (Phi) is 6.47. The van der Waals surface area contributed by atoms with Gasteiger partial charge in [0.1, 0.15) is 0 Å². The molecule has 0 aromatic heterocycles. The van der Waals surface area contributed by atoms with Gasteiger partial charge >= 0.3 is 0 Å². The molecule has 0 aromatic rings. The average Bonchev–Trinajstić information content (AvgIpc) is 2.75. The molecule has 1 aliphatic rings. The molecule has 1 rings (SSSR count). The van der Waals surface area contributed by atoms with Gasteiger partial charge in [-0.05, 0) is 40.8 Å². The standard InChI is InChI=1S/C14H30N4/c1-5-15-13(16-6-2)17-11-14(12-18(3)4)9-7-8-10-14/h5-12H2,1-4H3,(H2,15,16,17). The maximum atomic E-state index is 4.78. The van der Waals surface area contributed by atoms with Crippen molar-refractivity contribution in [3.63, 3.8) is 0 Å². The maximum absolute atomic E-state index is 4.78. The molecule has 4 nitrogen and oxygen atoms in total. The Balaban J connectivity index is 2.61. The van der Waals surface area contributed by atoms with Crippen molar-refractivity contribution in [2.75, 3.05) is 40.3 Å². The van der Waals surface area contributed by atoms with Crippen LogP contribution in [0.25, 0.3) is 0 Å². The molecule has 4 heteroatoms. The highest BCUT2D eigenvalue weighted by Gasteiger charge is 2.34. The zero-order valence-corrected chi connectivity index (χ0v) is 12.6. The van der Waals surface area contributed by atoms with E-state index in [0.29, 0.717) is 5.41 Å². The van der Waals surface area contributed by atoms with Gasteiger partial charge in [0, 0.05) is 31.6 Å². The largest absolute Gasteiger partial charge is 0.357 e. The van der Waals surface area contributed by atoms with Crippen LogP contribution in [0.1, 0.15) is 39.5 Å². The second-order valence-electron chi connectivity index (χ2n) is 5.67. The van der Waals surface area contributed by atoms with Crippen LogP contribution in [0.3, 0.4) is 0 Å². The van der Waals surface area contributed by atoms with Crippen LogP contribution in [0, 0.1) is 5.41 Å². The number of guanidine groups is 1. The summed E-state index contributed by atoms with van der Waals surface area (Å²) in [6, 6.07) is 0. The van der Waals surface area contributed by atoms with Crippen molar-refractivity contribution in [3.8, 4) is 0 Å². The lowest BCUT2D eigenvalue weighted by atomic mass is 9.86. The van der Waals surface area contributed by atoms with Crippen molar-refractivity contribution < 1.29 is 0 Å². The second-order valence-corrected chi connectivity index (χ2v) is 5.67. The van der Waals surface area contributed by atoms with Crippen LogP contribution in [0.5, 0.6) is 0 Å². The molecule has 0 heterocycles. The molecule has 0 unspecified atom stereocenters. The first-order valence-corrected chi connectivity index (χ1v) is 7.29. The normalized spacial score (nSPS) is 17.8. The van der Waals surface area contributed by atoms with E-state index in [2.05, 4.69) is 43.5 Å². The topological polar surface area (TPSA) is 39.7 Å². The molecule has 1 aliphatic carbocycles. The van der Waals surface area contributed by atoms with Crippen LogP contribution in [0.2, 0.25) is 0 Å². The summed E-state index contributed by atoms with van der Waals surface area (Å²) in [4.78, 5) is 7.08. The fraction of sp³-hybridized carbons (Fsp3) is 0.929. The lowest BCUT2D eigenvalue weighted by molar-refractivity contribution is 0.210. The Bertz CT molecular complexity index is 247. The molecular weight excluding hydrogens is 224 g/mol. The first-order chi connectivity index (χ1) is 8.62. The summed E-state index contributed by atoms with van der Waals surface area (Å²) in [6.45, 7) is 8.16. The van der Waals surface area contributed by atoms with E-state index >= 15 is 0 Å². The first-order valence-electron chi connectivity index (χ1n) is 7.29. The van der Waals surface area contributed by atoms with Crippen LogP contribution in [0.4, 0.5) is 0 Å². The Morgan fingerprint density at radius 3 is 2.11 bits per heavy atom. The van der Waals surface area contributed by atoms with E-state index in [9.17, 15) is 0 Å². The number of aliphatic imine (C=N–C) groups is 1. The monoisotopic (exact) mass is 254 g/mol. The van der Waals surface area contributed by atoms with E-state index in [1.165, 1.54) is 25.7 Å². The summed E-state index contributed by atoms with van der Waals surface area (Å²) in [7, 11) is 4.33. The average molecular weight is 254 g/mol. The van der Waals surface area contributed by atoms with Crippen molar-refractivity contribution >= 4 is 5.96 Å². The second kappa shape index (κ2) is 7.62. The molecule has 0 aliphatic heterocycles. The molecular formula is C14H30N4. The van der Waals surface area contributed by atoms with Crippen LogP contribution >= 0.6 is 0 Å². The van der Waals surface area contributed by atoms with Crippen LogP contribution in [0.15, 0.2) is 4.99 Å². The van der Waals surface area contributed by atoms with Gasteiger partial charge in [0.05, 0.1) is 0 Å². The minimum atomic E-state index is 0.402. The van der Waals surface area contributed by atoms with Gasteiger partial charge in [-0.2, -0.15) is 0 Å². The molecule has 0 atom stereocenters. The Hall–Kier alpha value is -0.770. The highest BCUT2D eigenvalue weighted by molar-refractivity contribution is 5.79. The minimum Gasteiger partial charge on any atom is -0.357 e. The summed E-state index contributed by atoms with van der Waals surface area (Å²) >= 11 is 0.